The van der Waals surface area contributed by atoms with Crippen molar-refractivity contribution in [1.29, 1.82) is 0 Å². The summed E-state index contributed by atoms with van der Waals surface area (Å²) < 4.78 is 12.7. The highest BCUT2D eigenvalue weighted by Crippen LogP contribution is 2.27. The van der Waals surface area contributed by atoms with Gasteiger partial charge >= 0.3 is 0 Å². The maximum absolute atomic E-state index is 5.36. The van der Waals surface area contributed by atoms with Crippen molar-refractivity contribution in [2.75, 3.05) is 27.3 Å². The van der Waals surface area contributed by atoms with Gasteiger partial charge < -0.3 is 20.1 Å². The van der Waals surface area contributed by atoms with Crippen LogP contribution in [0, 0.1) is 0 Å². The molecule has 3 aromatic rings. The number of rotatable bonds is 9. The fourth-order valence-corrected chi connectivity index (χ4v) is 3.01. The largest absolute Gasteiger partial charge is 0.493 e. The first kappa shape index (κ1) is 20.4. The number of nitrogens with zero attached hydrogens (tertiary/aromatic N) is 4. The van der Waals surface area contributed by atoms with Crippen LogP contribution in [0.2, 0.25) is 0 Å². The van der Waals surface area contributed by atoms with Crippen molar-refractivity contribution >= 4 is 11.6 Å². The highest BCUT2D eigenvalue weighted by Gasteiger charge is 2.06. The number of aliphatic imine (C=N–C) groups is 1. The summed E-state index contributed by atoms with van der Waals surface area (Å²) in [6.07, 6.45) is 3.76. The second-order valence-corrected chi connectivity index (χ2v) is 6.46. The predicted octanol–water partition coefficient (Wildman–Crippen LogP) is 2.43. The van der Waals surface area contributed by atoms with Gasteiger partial charge in [0.2, 0.25) is 0 Å². The van der Waals surface area contributed by atoms with Gasteiger partial charge in [0.05, 0.1) is 20.8 Å². The summed E-state index contributed by atoms with van der Waals surface area (Å²) in [5.41, 5.74) is 1.93. The number of fused-ring (bicyclic) bond motifs is 1. The zero-order valence-electron chi connectivity index (χ0n) is 17.2. The molecule has 29 heavy (non-hydrogen) atoms. The maximum atomic E-state index is 5.36. The summed E-state index contributed by atoms with van der Waals surface area (Å²) in [6, 6.07) is 11.7. The number of hydrogen-bond donors (Lipinski definition) is 2. The molecule has 3 rings (SSSR count). The number of benzene rings is 1. The molecular formula is C21H28N6O2. The summed E-state index contributed by atoms with van der Waals surface area (Å²) in [5, 5.41) is 15.1. The SMILES string of the molecule is CCNC(=NCc1ccc(OC)c(OC)c1)NCCCc1nnc2ccccn12. The minimum absolute atomic E-state index is 0.546. The predicted molar refractivity (Wildman–Crippen MR) is 114 cm³/mol. The molecule has 0 fully saturated rings. The van der Waals surface area contributed by atoms with Gasteiger partial charge in [-0.25, -0.2) is 4.99 Å². The molecule has 1 aromatic carbocycles. The number of guanidine groups is 1. The van der Waals surface area contributed by atoms with Crippen LogP contribution in [0.25, 0.3) is 5.65 Å². The fourth-order valence-electron chi connectivity index (χ4n) is 3.01. The molecule has 0 saturated carbocycles. The van der Waals surface area contributed by atoms with Crippen LogP contribution in [0.15, 0.2) is 47.6 Å². The molecule has 0 bridgehead atoms. The molecule has 8 heteroatoms. The van der Waals surface area contributed by atoms with E-state index < -0.39 is 0 Å². The molecule has 0 atom stereocenters. The first-order valence-corrected chi connectivity index (χ1v) is 9.77. The lowest BCUT2D eigenvalue weighted by atomic mass is 10.2. The molecule has 0 aliphatic carbocycles. The van der Waals surface area contributed by atoms with Gasteiger partial charge in [-0.1, -0.05) is 12.1 Å². The van der Waals surface area contributed by atoms with E-state index in [0.717, 1.165) is 48.9 Å². The molecule has 154 valence electrons. The van der Waals surface area contributed by atoms with Gasteiger partial charge in [-0.15, -0.1) is 10.2 Å². The van der Waals surface area contributed by atoms with Crippen molar-refractivity contribution in [3.05, 3.63) is 54.0 Å². The Bertz CT molecular complexity index is 953. The van der Waals surface area contributed by atoms with Crippen LogP contribution >= 0.6 is 0 Å². The highest BCUT2D eigenvalue weighted by molar-refractivity contribution is 5.79. The van der Waals surface area contributed by atoms with E-state index in [9.17, 15) is 0 Å². The minimum atomic E-state index is 0.546. The van der Waals surface area contributed by atoms with Crippen LogP contribution in [-0.4, -0.2) is 47.9 Å². The van der Waals surface area contributed by atoms with Crippen molar-refractivity contribution in [2.24, 2.45) is 4.99 Å². The monoisotopic (exact) mass is 396 g/mol. The Labute approximate surface area is 171 Å². The van der Waals surface area contributed by atoms with Crippen LogP contribution < -0.4 is 20.1 Å². The molecule has 0 amide bonds. The third-order valence-corrected chi connectivity index (χ3v) is 4.47. The van der Waals surface area contributed by atoms with Gasteiger partial charge in [0.25, 0.3) is 0 Å². The summed E-state index contributed by atoms with van der Waals surface area (Å²) in [7, 11) is 3.26. The molecule has 2 aromatic heterocycles. The van der Waals surface area contributed by atoms with E-state index in [-0.39, 0.29) is 0 Å². The Hall–Kier alpha value is -3.29. The third-order valence-electron chi connectivity index (χ3n) is 4.47. The topological polar surface area (TPSA) is 85.1 Å². The minimum Gasteiger partial charge on any atom is -0.493 e. The Kier molecular flexibility index (Phi) is 7.27. The number of aryl methyl sites for hydroxylation is 1. The number of methoxy groups -OCH3 is 2. The quantitative estimate of drug-likeness (QED) is 0.328. The molecule has 0 unspecified atom stereocenters. The first-order valence-electron chi connectivity index (χ1n) is 9.77. The maximum Gasteiger partial charge on any atom is 0.191 e. The lowest BCUT2D eigenvalue weighted by Crippen LogP contribution is -2.37. The van der Waals surface area contributed by atoms with E-state index in [0.29, 0.717) is 18.0 Å². The van der Waals surface area contributed by atoms with Gasteiger partial charge in [0.1, 0.15) is 5.82 Å². The first-order chi connectivity index (χ1) is 14.2. The molecule has 2 heterocycles. The van der Waals surface area contributed by atoms with Crippen molar-refractivity contribution in [3.63, 3.8) is 0 Å². The van der Waals surface area contributed by atoms with Crippen molar-refractivity contribution < 1.29 is 9.47 Å². The Morgan fingerprint density at radius 3 is 2.72 bits per heavy atom. The standard InChI is InChI=1S/C21H28N6O2/c1-4-22-21(24-15-16-10-11-17(28-2)18(14-16)29-3)23-12-7-9-20-26-25-19-8-5-6-13-27(19)20/h5-6,8,10-11,13-14H,4,7,9,12,15H2,1-3H3,(H2,22,23,24). The molecule has 0 spiro atoms. The number of hydrogen-bond acceptors (Lipinski definition) is 5. The smallest absolute Gasteiger partial charge is 0.191 e. The van der Waals surface area contributed by atoms with E-state index in [1.54, 1.807) is 14.2 Å². The van der Waals surface area contributed by atoms with Crippen LogP contribution in [0.4, 0.5) is 0 Å². The molecule has 0 saturated heterocycles. The van der Waals surface area contributed by atoms with Crippen molar-refractivity contribution in [3.8, 4) is 11.5 Å². The van der Waals surface area contributed by atoms with E-state index in [2.05, 4.69) is 32.7 Å². The average molecular weight is 396 g/mol. The lowest BCUT2D eigenvalue weighted by Gasteiger charge is -2.12. The fraction of sp³-hybridized carbons (Fsp3) is 0.381. The molecule has 2 N–H and O–H groups in total. The molecule has 0 aliphatic rings. The summed E-state index contributed by atoms with van der Waals surface area (Å²) in [6.45, 7) is 4.19. The Balaban J connectivity index is 1.54. The van der Waals surface area contributed by atoms with Crippen molar-refractivity contribution in [1.82, 2.24) is 25.2 Å². The highest BCUT2D eigenvalue weighted by atomic mass is 16.5. The molecular weight excluding hydrogens is 368 g/mol. The zero-order valence-corrected chi connectivity index (χ0v) is 17.2. The third kappa shape index (κ3) is 5.37. The molecule has 0 radical (unpaired) electrons. The van der Waals surface area contributed by atoms with E-state index in [4.69, 9.17) is 9.47 Å². The van der Waals surface area contributed by atoms with Gasteiger partial charge in [0.15, 0.2) is 23.1 Å². The van der Waals surface area contributed by atoms with Crippen LogP contribution in [0.3, 0.4) is 0 Å². The van der Waals surface area contributed by atoms with Crippen LogP contribution in [-0.2, 0) is 13.0 Å². The van der Waals surface area contributed by atoms with E-state index in [1.165, 1.54) is 0 Å². The summed E-state index contributed by atoms with van der Waals surface area (Å²) in [5.74, 6) is 3.17. The van der Waals surface area contributed by atoms with Crippen LogP contribution in [0.5, 0.6) is 11.5 Å². The van der Waals surface area contributed by atoms with Crippen LogP contribution in [0.1, 0.15) is 24.7 Å². The summed E-state index contributed by atoms with van der Waals surface area (Å²) in [4.78, 5) is 4.66. The number of pyridine rings is 1. The van der Waals surface area contributed by atoms with E-state index >= 15 is 0 Å². The Morgan fingerprint density at radius 1 is 1.07 bits per heavy atom. The van der Waals surface area contributed by atoms with Gasteiger partial charge in [0, 0.05) is 25.7 Å². The number of ether oxygens (including phenoxy) is 2. The van der Waals surface area contributed by atoms with Gasteiger partial charge in [-0.2, -0.15) is 0 Å². The number of aromatic nitrogens is 3. The van der Waals surface area contributed by atoms with Crippen molar-refractivity contribution in [2.45, 2.75) is 26.3 Å². The second-order valence-electron chi connectivity index (χ2n) is 6.46. The second kappa shape index (κ2) is 10.3. The summed E-state index contributed by atoms with van der Waals surface area (Å²) >= 11 is 0. The zero-order chi connectivity index (χ0) is 20.5. The molecule has 0 aliphatic heterocycles. The van der Waals surface area contributed by atoms with E-state index in [1.807, 2.05) is 47.0 Å². The molecule has 8 nitrogen and oxygen atoms in total. The lowest BCUT2D eigenvalue weighted by molar-refractivity contribution is 0.354. The number of nitrogens with one attached hydrogen (secondary N) is 2. The normalized spacial score (nSPS) is 11.5. The average Bonchev–Trinajstić information content (AvgIpc) is 3.17. The Morgan fingerprint density at radius 2 is 1.93 bits per heavy atom. The van der Waals surface area contributed by atoms with Gasteiger partial charge in [-0.3, -0.25) is 4.40 Å². The van der Waals surface area contributed by atoms with Gasteiger partial charge in [-0.05, 0) is 43.2 Å².